The quantitative estimate of drug-likeness (QED) is 0.318. The van der Waals surface area contributed by atoms with Gasteiger partial charge >= 0.3 is 11.9 Å². The largest absolute Gasteiger partial charge is 0.466 e. The Morgan fingerprint density at radius 3 is 2.12 bits per heavy atom. The number of unbranched alkanes of at least 4 members (excludes halogenated alkanes) is 3. The lowest BCUT2D eigenvalue weighted by Gasteiger charge is -2.31. The van der Waals surface area contributed by atoms with E-state index in [9.17, 15) is 14.9 Å². The van der Waals surface area contributed by atoms with Crippen LogP contribution in [-0.4, -0.2) is 25.2 Å². The van der Waals surface area contributed by atoms with Crippen molar-refractivity contribution in [3.63, 3.8) is 0 Å². The lowest BCUT2D eigenvalue weighted by atomic mass is 9.70. The fourth-order valence-electron chi connectivity index (χ4n) is 3.23. The van der Waals surface area contributed by atoms with Crippen LogP contribution in [-0.2, 0) is 19.1 Å². The van der Waals surface area contributed by atoms with Crippen molar-refractivity contribution in [2.75, 3.05) is 13.2 Å². The Labute approximate surface area is 159 Å². The molecule has 0 amide bonds. The average molecular weight is 368 g/mol. The normalized spacial score (nSPS) is 14.3. The lowest BCUT2D eigenvalue weighted by Crippen LogP contribution is -2.43. The second-order valence-electron chi connectivity index (χ2n) is 7.24. The molecule has 5 nitrogen and oxygen atoms in total. The molecule has 0 aliphatic heterocycles. The first-order valence-corrected chi connectivity index (χ1v) is 10.1. The monoisotopic (exact) mass is 367 g/mol. The minimum Gasteiger partial charge on any atom is -0.466 e. The summed E-state index contributed by atoms with van der Waals surface area (Å²) in [7, 11) is 0. The summed E-state index contributed by atoms with van der Waals surface area (Å²) in [6.45, 7) is 10.2. The van der Waals surface area contributed by atoms with Gasteiger partial charge in [0.2, 0.25) is 0 Å². The van der Waals surface area contributed by atoms with Gasteiger partial charge in [-0.15, -0.1) is 0 Å². The molecule has 0 bridgehead atoms. The Kier molecular flexibility index (Phi) is 12.8. The zero-order valence-corrected chi connectivity index (χ0v) is 17.3. The van der Waals surface area contributed by atoms with Crippen LogP contribution in [0.2, 0.25) is 0 Å². The Balaban J connectivity index is 5.59. The summed E-state index contributed by atoms with van der Waals surface area (Å²) in [5, 5.41) is 9.97. The number of carbonyl (C=O) groups is 2. The van der Waals surface area contributed by atoms with Crippen LogP contribution >= 0.6 is 0 Å². The summed E-state index contributed by atoms with van der Waals surface area (Å²) in [5.41, 5.74) is -1.45. The van der Waals surface area contributed by atoms with Gasteiger partial charge in [-0.3, -0.25) is 9.59 Å². The molecular weight excluding hydrogens is 330 g/mol. The summed E-state index contributed by atoms with van der Waals surface area (Å²) in [6, 6.07) is 2.18. The Morgan fingerprint density at radius 1 is 0.962 bits per heavy atom. The van der Waals surface area contributed by atoms with E-state index in [0.29, 0.717) is 18.8 Å². The van der Waals surface area contributed by atoms with E-state index in [4.69, 9.17) is 9.47 Å². The van der Waals surface area contributed by atoms with E-state index in [1.807, 2.05) is 0 Å². The number of rotatable bonds is 14. The molecule has 5 heteroatoms. The molecule has 0 heterocycles. The first-order chi connectivity index (χ1) is 12.4. The molecular formula is C21H37NO4. The van der Waals surface area contributed by atoms with Crippen molar-refractivity contribution < 1.29 is 19.1 Å². The van der Waals surface area contributed by atoms with Gasteiger partial charge in [-0.1, -0.05) is 59.3 Å². The van der Waals surface area contributed by atoms with E-state index in [1.54, 1.807) is 13.8 Å². The topological polar surface area (TPSA) is 76.4 Å². The van der Waals surface area contributed by atoms with Crippen molar-refractivity contribution in [1.82, 2.24) is 0 Å². The molecule has 0 aromatic carbocycles. The third-order valence-corrected chi connectivity index (χ3v) is 4.70. The van der Waals surface area contributed by atoms with E-state index in [2.05, 4.69) is 26.8 Å². The fraction of sp³-hybridized carbons (Fsp3) is 0.857. The van der Waals surface area contributed by atoms with Crippen LogP contribution in [0.5, 0.6) is 0 Å². The van der Waals surface area contributed by atoms with Crippen LogP contribution < -0.4 is 0 Å². The molecule has 0 N–H and O–H groups in total. The average Bonchev–Trinajstić information content (AvgIpc) is 2.60. The number of esters is 2. The van der Waals surface area contributed by atoms with Crippen molar-refractivity contribution in [1.29, 1.82) is 5.26 Å². The SMILES string of the molecule is CCCCCCC(C#N)(C(=O)OCC)C(CCCC(C)C)C(=O)OCC. The molecule has 0 aliphatic rings. The zero-order chi connectivity index (χ0) is 20.0. The highest BCUT2D eigenvalue weighted by atomic mass is 16.5. The van der Waals surface area contributed by atoms with Gasteiger partial charge in [0.25, 0.3) is 0 Å². The minimum atomic E-state index is -1.45. The van der Waals surface area contributed by atoms with Crippen molar-refractivity contribution in [3.8, 4) is 6.07 Å². The summed E-state index contributed by atoms with van der Waals surface area (Å²) in [4.78, 5) is 25.4. The summed E-state index contributed by atoms with van der Waals surface area (Å²) >= 11 is 0. The number of ether oxygens (including phenoxy) is 2. The smallest absolute Gasteiger partial charge is 0.327 e. The van der Waals surface area contributed by atoms with E-state index in [0.717, 1.165) is 38.5 Å². The molecule has 0 saturated carbocycles. The van der Waals surface area contributed by atoms with Gasteiger partial charge in [-0.05, 0) is 32.6 Å². The fourth-order valence-corrected chi connectivity index (χ4v) is 3.23. The maximum atomic E-state index is 12.8. The Morgan fingerprint density at radius 2 is 1.62 bits per heavy atom. The number of carbonyl (C=O) groups excluding carboxylic acids is 2. The van der Waals surface area contributed by atoms with Gasteiger partial charge in [0, 0.05) is 0 Å². The number of nitrogens with zero attached hydrogens (tertiary/aromatic N) is 1. The van der Waals surface area contributed by atoms with Crippen molar-refractivity contribution in [2.45, 2.75) is 86.0 Å². The van der Waals surface area contributed by atoms with E-state index in [1.165, 1.54) is 0 Å². The predicted molar refractivity (Wildman–Crippen MR) is 102 cm³/mol. The molecule has 0 aliphatic carbocycles. The molecule has 26 heavy (non-hydrogen) atoms. The van der Waals surface area contributed by atoms with Gasteiger partial charge in [-0.25, -0.2) is 0 Å². The number of hydrogen-bond acceptors (Lipinski definition) is 5. The number of hydrogen-bond donors (Lipinski definition) is 0. The summed E-state index contributed by atoms with van der Waals surface area (Å²) < 4.78 is 10.5. The lowest BCUT2D eigenvalue weighted by molar-refractivity contribution is -0.166. The van der Waals surface area contributed by atoms with Crippen LogP contribution in [0.3, 0.4) is 0 Å². The maximum absolute atomic E-state index is 12.8. The standard InChI is InChI=1S/C21H37NO4/c1-6-9-10-11-15-21(16-22,20(24)26-8-3)18(19(23)25-7-2)14-12-13-17(4)5/h17-18H,6-15H2,1-5H3. The zero-order valence-electron chi connectivity index (χ0n) is 17.3. The van der Waals surface area contributed by atoms with Gasteiger partial charge in [0.1, 0.15) is 0 Å². The van der Waals surface area contributed by atoms with E-state index < -0.39 is 23.3 Å². The van der Waals surface area contributed by atoms with Crippen LogP contribution in [0.15, 0.2) is 0 Å². The molecule has 0 aromatic heterocycles. The van der Waals surface area contributed by atoms with Crippen LogP contribution in [0, 0.1) is 28.6 Å². The van der Waals surface area contributed by atoms with Crippen molar-refractivity contribution >= 4 is 11.9 Å². The Hall–Kier alpha value is -1.57. The summed E-state index contributed by atoms with van der Waals surface area (Å²) in [5.74, 6) is -1.31. The van der Waals surface area contributed by atoms with Crippen LogP contribution in [0.25, 0.3) is 0 Å². The molecule has 0 fully saturated rings. The summed E-state index contributed by atoms with van der Waals surface area (Å²) in [6.07, 6.45) is 6.29. The Bertz CT molecular complexity index is 455. The van der Waals surface area contributed by atoms with Crippen LogP contribution in [0.1, 0.15) is 86.0 Å². The highest BCUT2D eigenvalue weighted by Crippen LogP contribution is 2.39. The molecule has 0 spiro atoms. The van der Waals surface area contributed by atoms with Crippen molar-refractivity contribution in [3.05, 3.63) is 0 Å². The van der Waals surface area contributed by atoms with Crippen LogP contribution in [0.4, 0.5) is 0 Å². The molecule has 150 valence electrons. The molecule has 0 saturated heterocycles. The maximum Gasteiger partial charge on any atom is 0.327 e. The first kappa shape index (κ1) is 24.4. The third-order valence-electron chi connectivity index (χ3n) is 4.70. The first-order valence-electron chi connectivity index (χ1n) is 10.1. The van der Waals surface area contributed by atoms with Gasteiger partial charge in [-0.2, -0.15) is 5.26 Å². The van der Waals surface area contributed by atoms with E-state index in [-0.39, 0.29) is 13.2 Å². The van der Waals surface area contributed by atoms with Gasteiger partial charge in [0.15, 0.2) is 5.41 Å². The van der Waals surface area contributed by atoms with Gasteiger partial charge < -0.3 is 9.47 Å². The van der Waals surface area contributed by atoms with Crippen molar-refractivity contribution in [2.24, 2.45) is 17.3 Å². The third kappa shape index (κ3) is 7.76. The number of nitriles is 1. The predicted octanol–water partition coefficient (Wildman–Crippen LogP) is 5.04. The highest BCUT2D eigenvalue weighted by Gasteiger charge is 2.51. The molecule has 0 rings (SSSR count). The molecule has 0 radical (unpaired) electrons. The highest BCUT2D eigenvalue weighted by molar-refractivity contribution is 5.88. The van der Waals surface area contributed by atoms with E-state index >= 15 is 0 Å². The second kappa shape index (κ2) is 13.6. The second-order valence-corrected chi connectivity index (χ2v) is 7.24. The minimum absolute atomic E-state index is 0.193. The molecule has 0 aromatic rings. The molecule has 2 unspecified atom stereocenters. The van der Waals surface area contributed by atoms with Gasteiger partial charge in [0.05, 0.1) is 25.2 Å². The molecule has 2 atom stereocenters.